The van der Waals surface area contributed by atoms with E-state index < -0.39 is 6.10 Å². The molecule has 0 amide bonds. The van der Waals surface area contributed by atoms with E-state index in [-0.39, 0.29) is 0 Å². The maximum absolute atomic E-state index is 9.97. The van der Waals surface area contributed by atoms with Crippen molar-refractivity contribution in [3.8, 4) is 5.75 Å². The third-order valence-corrected chi connectivity index (χ3v) is 3.51. The van der Waals surface area contributed by atoms with Gasteiger partial charge in [0, 0.05) is 18.2 Å². The first-order chi connectivity index (χ1) is 9.17. The average molecular weight is 333 g/mol. The molecule has 0 aliphatic heterocycles. The van der Waals surface area contributed by atoms with Crippen LogP contribution in [-0.2, 0) is 15.9 Å². The van der Waals surface area contributed by atoms with Gasteiger partial charge in [0.05, 0.1) is 26.4 Å². The third kappa shape index (κ3) is 6.38. The molecule has 19 heavy (non-hydrogen) atoms. The molecular weight excluding hydrogens is 312 g/mol. The minimum absolute atomic E-state index is 0.425. The first kappa shape index (κ1) is 16.4. The summed E-state index contributed by atoms with van der Waals surface area (Å²) in [5.41, 5.74) is 1.03. The summed E-state index contributed by atoms with van der Waals surface area (Å²) < 4.78 is 16.4. The largest absolute Gasteiger partial charge is 0.497 e. The lowest BCUT2D eigenvalue weighted by molar-refractivity contribution is 0.0478. The number of hydrogen-bond donors (Lipinski definition) is 1. The van der Waals surface area contributed by atoms with Gasteiger partial charge >= 0.3 is 0 Å². The molecule has 1 aromatic carbocycles. The van der Waals surface area contributed by atoms with Gasteiger partial charge in [-0.25, -0.2) is 0 Å². The Morgan fingerprint density at radius 3 is 2.68 bits per heavy atom. The highest BCUT2D eigenvalue weighted by atomic mass is 79.9. The van der Waals surface area contributed by atoms with Crippen LogP contribution in [0.1, 0.15) is 12.0 Å². The monoisotopic (exact) mass is 332 g/mol. The zero-order valence-electron chi connectivity index (χ0n) is 11.4. The molecule has 5 heteroatoms. The molecule has 1 unspecified atom stereocenters. The highest BCUT2D eigenvalue weighted by Crippen LogP contribution is 2.24. The molecule has 1 atom stereocenters. The normalized spacial score (nSPS) is 12.4. The predicted octanol–water partition coefficient (Wildman–Crippen LogP) is 2.41. The van der Waals surface area contributed by atoms with Crippen molar-refractivity contribution >= 4 is 15.9 Å². The molecule has 1 aromatic rings. The van der Waals surface area contributed by atoms with Crippen LogP contribution in [0.25, 0.3) is 0 Å². The van der Waals surface area contributed by atoms with Gasteiger partial charge in [-0.05, 0) is 36.6 Å². The van der Waals surface area contributed by atoms with Crippen LogP contribution in [0.5, 0.6) is 5.75 Å². The molecule has 108 valence electrons. The molecule has 0 spiro atoms. The van der Waals surface area contributed by atoms with Crippen LogP contribution < -0.4 is 4.74 Å². The molecule has 4 nitrogen and oxygen atoms in total. The lowest BCUT2D eigenvalue weighted by Gasteiger charge is -2.13. The van der Waals surface area contributed by atoms with Crippen LogP contribution in [0.3, 0.4) is 0 Å². The highest BCUT2D eigenvalue weighted by Gasteiger charge is 2.09. The van der Waals surface area contributed by atoms with Crippen molar-refractivity contribution in [3.63, 3.8) is 0 Å². The second-order valence-corrected chi connectivity index (χ2v) is 5.06. The number of ether oxygens (including phenoxy) is 3. The van der Waals surface area contributed by atoms with Crippen LogP contribution >= 0.6 is 15.9 Å². The lowest BCUT2D eigenvalue weighted by atomic mass is 10.1. The number of hydrogen-bond acceptors (Lipinski definition) is 4. The number of methoxy groups -OCH3 is 2. The molecule has 0 saturated carbocycles. The minimum atomic E-state index is -0.425. The van der Waals surface area contributed by atoms with E-state index in [4.69, 9.17) is 14.2 Å². The number of halogens is 1. The van der Waals surface area contributed by atoms with Crippen LogP contribution in [0, 0.1) is 0 Å². The summed E-state index contributed by atoms with van der Waals surface area (Å²) in [7, 11) is 3.27. The Labute approximate surface area is 122 Å². The van der Waals surface area contributed by atoms with Gasteiger partial charge in [0.2, 0.25) is 0 Å². The maximum atomic E-state index is 9.97. The van der Waals surface area contributed by atoms with Crippen molar-refractivity contribution in [3.05, 3.63) is 28.2 Å². The first-order valence-corrected chi connectivity index (χ1v) is 7.03. The first-order valence-electron chi connectivity index (χ1n) is 6.24. The Morgan fingerprint density at radius 2 is 2.00 bits per heavy atom. The number of benzene rings is 1. The smallest absolute Gasteiger partial charge is 0.119 e. The van der Waals surface area contributed by atoms with E-state index in [2.05, 4.69) is 15.9 Å². The molecule has 0 aromatic heterocycles. The van der Waals surface area contributed by atoms with Crippen LogP contribution in [-0.4, -0.2) is 45.3 Å². The number of aliphatic hydroxyl groups excluding tert-OH is 1. The topological polar surface area (TPSA) is 47.9 Å². The predicted molar refractivity (Wildman–Crippen MR) is 77.7 cm³/mol. The highest BCUT2D eigenvalue weighted by molar-refractivity contribution is 9.10. The van der Waals surface area contributed by atoms with E-state index >= 15 is 0 Å². The molecule has 0 aliphatic rings. The molecule has 0 fully saturated rings. The van der Waals surface area contributed by atoms with Crippen LogP contribution in [0.15, 0.2) is 22.7 Å². The quantitative estimate of drug-likeness (QED) is 0.705. The number of aliphatic hydroxyl groups is 1. The molecule has 1 rings (SSSR count). The molecule has 0 aliphatic carbocycles. The Bertz CT molecular complexity index is 370. The molecule has 0 heterocycles. The summed E-state index contributed by atoms with van der Waals surface area (Å²) in [6.07, 6.45) is 0.754. The van der Waals surface area contributed by atoms with Gasteiger partial charge in [-0.15, -0.1) is 0 Å². The average Bonchev–Trinajstić information content (AvgIpc) is 2.41. The van der Waals surface area contributed by atoms with E-state index in [1.807, 2.05) is 18.2 Å². The van der Waals surface area contributed by atoms with Gasteiger partial charge in [-0.2, -0.15) is 0 Å². The standard InChI is InChI=1S/C14H21BrO4/c1-17-7-8-19-6-5-12(16)9-11-10-13(18-2)3-4-14(11)15/h3-4,10,12,16H,5-9H2,1-2H3. The zero-order valence-corrected chi connectivity index (χ0v) is 13.0. The summed E-state index contributed by atoms with van der Waals surface area (Å²) in [5, 5.41) is 9.97. The SMILES string of the molecule is COCCOCCC(O)Cc1cc(OC)ccc1Br. The van der Waals surface area contributed by atoms with Gasteiger partial charge in [0.25, 0.3) is 0 Å². The fraction of sp³-hybridized carbons (Fsp3) is 0.571. The fourth-order valence-electron chi connectivity index (χ4n) is 1.65. The van der Waals surface area contributed by atoms with Gasteiger partial charge in [0.1, 0.15) is 5.75 Å². The van der Waals surface area contributed by atoms with Crippen molar-refractivity contribution in [1.29, 1.82) is 0 Å². The Hall–Kier alpha value is -0.620. The fourth-order valence-corrected chi connectivity index (χ4v) is 2.06. The van der Waals surface area contributed by atoms with Gasteiger partial charge in [-0.3, -0.25) is 0 Å². The summed E-state index contributed by atoms with van der Waals surface area (Å²) in [5.74, 6) is 0.793. The van der Waals surface area contributed by atoms with E-state index in [0.717, 1.165) is 15.8 Å². The summed E-state index contributed by atoms with van der Waals surface area (Å²) in [6.45, 7) is 1.68. The molecule has 0 saturated heterocycles. The lowest BCUT2D eigenvalue weighted by Crippen LogP contribution is -2.15. The second kappa shape index (κ2) is 9.31. The van der Waals surface area contributed by atoms with Gasteiger partial charge < -0.3 is 19.3 Å². The van der Waals surface area contributed by atoms with Crippen molar-refractivity contribution in [1.82, 2.24) is 0 Å². The molecule has 1 N–H and O–H groups in total. The van der Waals surface area contributed by atoms with Gasteiger partial charge in [-0.1, -0.05) is 15.9 Å². The number of rotatable bonds is 9. The molecule has 0 radical (unpaired) electrons. The van der Waals surface area contributed by atoms with Crippen LogP contribution in [0.2, 0.25) is 0 Å². The molecule has 0 bridgehead atoms. The van der Waals surface area contributed by atoms with Gasteiger partial charge in [0.15, 0.2) is 0 Å². The van der Waals surface area contributed by atoms with E-state index in [9.17, 15) is 5.11 Å². The van der Waals surface area contributed by atoms with Crippen LogP contribution in [0.4, 0.5) is 0 Å². The summed E-state index contributed by atoms with van der Waals surface area (Å²) in [4.78, 5) is 0. The van der Waals surface area contributed by atoms with E-state index in [0.29, 0.717) is 32.7 Å². The Morgan fingerprint density at radius 1 is 1.21 bits per heavy atom. The van der Waals surface area contributed by atoms with Crippen molar-refractivity contribution in [2.45, 2.75) is 18.9 Å². The Kier molecular flexibility index (Phi) is 8.05. The summed E-state index contributed by atoms with van der Waals surface area (Å²) >= 11 is 3.48. The Balaban J connectivity index is 2.37. The second-order valence-electron chi connectivity index (χ2n) is 4.21. The molecular formula is C14H21BrO4. The van der Waals surface area contributed by atoms with Crippen molar-refractivity contribution in [2.24, 2.45) is 0 Å². The third-order valence-electron chi connectivity index (χ3n) is 2.74. The summed E-state index contributed by atoms with van der Waals surface area (Å²) in [6, 6.07) is 5.74. The van der Waals surface area contributed by atoms with E-state index in [1.165, 1.54) is 0 Å². The zero-order chi connectivity index (χ0) is 14.1. The maximum Gasteiger partial charge on any atom is 0.119 e. The minimum Gasteiger partial charge on any atom is -0.497 e. The van der Waals surface area contributed by atoms with Crippen molar-refractivity contribution in [2.75, 3.05) is 34.0 Å². The van der Waals surface area contributed by atoms with Crippen molar-refractivity contribution < 1.29 is 19.3 Å². The van der Waals surface area contributed by atoms with E-state index in [1.54, 1.807) is 14.2 Å².